The second-order valence-electron chi connectivity index (χ2n) is 18.2. The number of ether oxygens (including phenoxy) is 2. The van der Waals surface area contributed by atoms with Crippen LogP contribution in [0.3, 0.4) is 0 Å². The highest BCUT2D eigenvalue weighted by Gasteiger charge is 2.40. The Morgan fingerprint density at radius 3 is 1.52 bits per heavy atom. The Labute approximate surface area is 426 Å². The minimum atomic E-state index is -0.999. The highest BCUT2D eigenvalue weighted by molar-refractivity contribution is 6.01. The van der Waals surface area contributed by atoms with Gasteiger partial charge in [0.1, 0.15) is 16.6 Å². The van der Waals surface area contributed by atoms with Crippen LogP contribution in [-0.4, -0.2) is 105 Å². The number of piperidine rings is 1. The molecule has 19 heteroatoms. The molecule has 6 aromatic carbocycles. The van der Waals surface area contributed by atoms with Gasteiger partial charge in [-0.3, -0.25) is 9.59 Å². The highest BCUT2D eigenvalue weighted by Crippen LogP contribution is 2.36. The molecule has 13 rings (SSSR count). The van der Waals surface area contributed by atoms with Crippen molar-refractivity contribution in [3.63, 3.8) is 0 Å². The van der Waals surface area contributed by atoms with E-state index in [2.05, 4.69) is 19.9 Å². The predicted molar refractivity (Wildman–Crippen MR) is 274 cm³/mol. The Morgan fingerprint density at radius 2 is 0.973 bits per heavy atom. The second-order valence-corrected chi connectivity index (χ2v) is 18.2. The van der Waals surface area contributed by atoms with Crippen molar-refractivity contribution in [1.29, 1.82) is 0 Å². The van der Waals surface area contributed by atoms with E-state index in [4.69, 9.17) is 32.9 Å². The van der Waals surface area contributed by atoms with Gasteiger partial charge in [-0.2, -0.15) is 0 Å². The van der Waals surface area contributed by atoms with E-state index in [0.29, 0.717) is 89.2 Å². The zero-order chi connectivity index (χ0) is 51.8. The summed E-state index contributed by atoms with van der Waals surface area (Å²) >= 11 is 0. The molecule has 4 aliphatic heterocycles. The molecule has 378 valence electrons. The molecule has 2 amide bonds. The molecule has 1 spiro atoms. The van der Waals surface area contributed by atoms with Gasteiger partial charge in [0.2, 0.25) is 29.5 Å². The lowest BCUT2D eigenvalue weighted by molar-refractivity contribution is -0.169. The number of aromatic carboxylic acids is 3. The summed E-state index contributed by atoms with van der Waals surface area (Å²) in [6, 6.07) is 36.4. The molecule has 19 nitrogen and oxygen atoms in total. The first kappa shape index (κ1) is 48.1. The summed E-state index contributed by atoms with van der Waals surface area (Å²) < 4.78 is 29.0. The van der Waals surface area contributed by atoms with Crippen LogP contribution in [-0.2, 0) is 19.1 Å². The van der Waals surface area contributed by atoms with Gasteiger partial charge >= 0.3 is 17.9 Å². The van der Waals surface area contributed by atoms with Crippen LogP contribution in [0.15, 0.2) is 141 Å². The van der Waals surface area contributed by atoms with Crippen molar-refractivity contribution in [2.75, 3.05) is 54.1 Å². The van der Waals surface area contributed by atoms with Gasteiger partial charge in [0.15, 0.2) is 22.5 Å². The number of rotatable bonds is 9. The minimum Gasteiger partial charge on any atom is -0.478 e. The van der Waals surface area contributed by atoms with E-state index in [1.165, 1.54) is 24.3 Å². The molecule has 75 heavy (non-hydrogen) atoms. The Morgan fingerprint density at radius 1 is 0.467 bits per heavy atom. The summed E-state index contributed by atoms with van der Waals surface area (Å²) in [6.45, 7) is 4.52. The number of oxazole rings is 3. The zero-order valence-corrected chi connectivity index (χ0v) is 40.0. The van der Waals surface area contributed by atoms with Crippen molar-refractivity contribution in [1.82, 2.24) is 15.0 Å². The minimum absolute atomic E-state index is 0.0956. The van der Waals surface area contributed by atoms with Crippen LogP contribution in [0.5, 0.6) is 0 Å². The molecule has 4 aliphatic rings. The van der Waals surface area contributed by atoms with E-state index >= 15 is 0 Å². The SMILES string of the molecule is O=C(O)c1ccc2oc(-c3ccc(N4CCCC4=O)cc3)nc2c1.O=C(O)c1cccc(-c2nc3ccc(N4CCC4=O)cc3o2)c1.O=C(O)c1cccc(-c2nc3ccc(N4CCC5(CC4)OCCO5)cc3o2)c1. The van der Waals surface area contributed by atoms with Gasteiger partial charge in [0.25, 0.3) is 0 Å². The van der Waals surface area contributed by atoms with Gasteiger partial charge in [-0.05, 0) is 110 Å². The van der Waals surface area contributed by atoms with E-state index in [1.807, 2.05) is 48.5 Å². The van der Waals surface area contributed by atoms with E-state index < -0.39 is 23.7 Å². The molecule has 0 unspecified atom stereocenters. The molecule has 4 fully saturated rings. The van der Waals surface area contributed by atoms with Crippen LogP contribution in [0.25, 0.3) is 67.7 Å². The van der Waals surface area contributed by atoms with Crippen LogP contribution >= 0.6 is 0 Å². The standard InChI is InChI=1S/C21H20N2O5.C18H14N2O4.C17H12N2O4/c24-20(25)15-3-1-2-14(12-15)19-22-17-5-4-16(13-18(17)28-19)23-8-6-21(7-9-23)26-10-11-27-21;21-16-2-1-9-20(16)13-6-3-11(4-7-13)17-19-14-10-12(18(22)23)5-8-15(14)24-17;20-15-6-7-19(15)12-4-5-13-14(9-12)23-16(18-13)10-2-1-3-11(8-10)17(21)22/h1-5,12-13H,6-11H2,(H,24,25);3-8,10H,1-2,9H2,(H,22,23);1-5,8-9H,6-7H2,(H,21,22). The highest BCUT2D eigenvalue weighted by atomic mass is 16.7. The lowest BCUT2D eigenvalue weighted by Gasteiger charge is -2.38. The van der Waals surface area contributed by atoms with Crippen molar-refractivity contribution in [3.8, 4) is 34.4 Å². The van der Waals surface area contributed by atoms with E-state index in [0.717, 1.165) is 67.0 Å². The van der Waals surface area contributed by atoms with Gasteiger partial charge in [-0.15, -0.1) is 0 Å². The molecule has 4 saturated heterocycles. The zero-order valence-electron chi connectivity index (χ0n) is 40.0. The predicted octanol–water partition coefficient (Wildman–Crippen LogP) is 9.79. The number of anilines is 3. The number of carboxylic acid groups (broad SMARTS) is 3. The number of nitrogens with zero attached hydrogens (tertiary/aromatic N) is 6. The maximum absolute atomic E-state index is 11.8. The number of benzene rings is 6. The fourth-order valence-corrected chi connectivity index (χ4v) is 9.38. The summed E-state index contributed by atoms with van der Waals surface area (Å²) in [4.78, 5) is 75.6. The monoisotopic (exact) mass is 1010 g/mol. The number of fused-ring (bicyclic) bond motifs is 3. The second kappa shape index (κ2) is 20.0. The third-order valence-electron chi connectivity index (χ3n) is 13.5. The average Bonchev–Trinajstić information content (AvgIpc) is 4.30. The third-order valence-corrected chi connectivity index (χ3v) is 13.5. The lowest BCUT2D eigenvalue weighted by atomic mass is 10.0. The number of β-lactam (4-membered cyclic amide) rings is 1. The summed E-state index contributed by atoms with van der Waals surface area (Å²) in [7, 11) is 0. The van der Waals surface area contributed by atoms with Gasteiger partial charge in [0.05, 0.1) is 29.9 Å². The Kier molecular flexibility index (Phi) is 12.8. The fraction of sp³-hybridized carbons (Fsp3) is 0.214. The number of carbonyl (C=O) groups is 5. The van der Waals surface area contributed by atoms with Crippen LogP contribution in [0.4, 0.5) is 17.1 Å². The molecule has 3 aromatic heterocycles. The molecular formula is C56H46N6O13. The van der Waals surface area contributed by atoms with Crippen molar-refractivity contribution in [3.05, 3.63) is 144 Å². The molecule has 9 aromatic rings. The number of hydrogen-bond acceptors (Lipinski definition) is 14. The number of aromatic nitrogens is 3. The smallest absolute Gasteiger partial charge is 0.335 e. The Bertz CT molecular complexity index is 3680. The summed E-state index contributed by atoms with van der Waals surface area (Å²) in [5.74, 6) is -1.93. The number of hydrogen-bond donors (Lipinski definition) is 3. The molecule has 0 atom stereocenters. The molecule has 7 heterocycles. The number of carbonyl (C=O) groups excluding carboxylic acids is 2. The number of amides is 2. The van der Waals surface area contributed by atoms with Crippen molar-refractivity contribution in [2.24, 2.45) is 0 Å². The summed E-state index contributed by atoms with van der Waals surface area (Å²) in [6.07, 6.45) is 3.74. The van der Waals surface area contributed by atoms with Crippen molar-refractivity contribution in [2.45, 2.75) is 37.9 Å². The van der Waals surface area contributed by atoms with Gasteiger partial charge < -0.3 is 52.7 Å². The quantitative estimate of drug-likeness (QED) is 0.114. The fourth-order valence-electron chi connectivity index (χ4n) is 9.38. The normalized spacial score (nSPS) is 16.0. The van der Waals surface area contributed by atoms with Crippen LogP contribution in [0.2, 0.25) is 0 Å². The molecule has 0 aliphatic carbocycles. The largest absolute Gasteiger partial charge is 0.478 e. The van der Waals surface area contributed by atoms with Crippen molar-refractivity contribution >= 4 is 80.1 Å². The molecular weight excluding hydrogens is 965 g/mol. The molecule has 0 radical (unpaired) electrons. The molecule has 3 N–H and O–H groups in total. The lowest BCUT2D eigenvalue weighted by Crippen LogP contribution is -2.45. The molecule has 0 bridgehead atoms. The number of carboxylic acids is 3. The first-order chi connectivity index (χ1) is 36.3. The summed E-state index contributed by atoms with van der Waals surface area (Å²) in [5, 5.41) is 27.3. The van der Waals surface area contributed by atoms with Gasteiger partial charge in [-0.1, -0.05) is 12.1 Å². The van der Waals surface area contributed by atoms with Gasteiger partial charge in [-0.25, -0.2) is 29.3 Å². The van der Waals surface area contributed by atoms with Gasteiger partial charge in [0, 0.05) is 97.7 Å². The van der Waals surface area contributed by atoms with E-state index in [-0.39, 0.29) is 28.5 Å². The Balaban J connectivity index is 0.000000121. The first-order valence-electron chi connectivity index (χ1n) is 24.2. The average molecular weight is 1010 g/mol. The topological polar surface area (TPSA) is 252 Å². The van der Waals surface area contributed by atoms with E-state index in [1.54, 1.807) is 64.4 Å². The third kappa shape index (κ3) is 10.0. The van der Waals surface area contributed by atoms with Crippen LogP contribution in [0, 0.1) is 0 Å². The summed E-state index contributed by atoms with van der Waals surface area (Å²) in [5.41, 5.74) is 9.00. The van der Waals surface area contributed by atoms with Crippen LogP contribution in [0.1, 0.15) is 63.2 Å². The maximum Gasteiger partial charge on any atom is 0.335 e. The van der Waals surface area contributed by atoms with Crippen molar-refractivity contribution < 1.29 is 62.0 Å². The first-order valence-corrected chi connectivity index (χ1v) is 24.2. The maximum atomic E-state index is 11.8. The van der Waals surface area contributed by atoms with Crippen LogP contribution < -0.4 is 14.7 Å². The Hall–Kier alpha value is -9.20. The molecule has 0 saturated carbocycles. The van der Waals surface area contributed by atoms with E-state index in [9.17, 15) is 29.1 Å².